The maximum atomic E-state index is 6.24. The Hall–Kier alpha value is -1.88. The van der Waals surface area contributed by atoms with Gasteiger partial charge in [-0.1, -0.05) is 48.0 Å². The second-order valence-electron chi connectivity index (χ2n) is 5.34. The minimum atomic E-state index is 0.754. The Morgan fingerprint density at radius 2 is 1.92 bits per heavy atom. The molecular formula is C19H19ClN2OS. The summed E-state index contributed by atoms with van der Waals surface area (Å²) in [5, 5.41) is 5.26. The molecule has 0 fully saturated rings. The van der Waals surface area contributed by atoms with E-state index < -0.39 is 0 Å². The van der Waals surface area contributed by atoms with Gasteiger partial charge in [0.05, 0.1) is 12.0 Å². The van der Waals surface area contributed by atoms with Crippen molar-refractivity contribution in [3.05, 3.63) is 70.3 Å². The fourth-order valence-electron chi connectivity index (χ4n) is 2.51. The fraction of sp³-hybridized carbons (Fsp3) is 0.211. The van der Waals surface area contributed by atoms with Gasteiger partial charge in [-0.3, -0.25) is 0 Å². The molecule has 3 rings (SSSR count). The highest BCUT2D eigenvalue weighted by Crippen LogP contribution is 2.31. The van der Waals surface area contributed by atoms with Gasteiger partial charge in [0, 0.05) is 23.3 Å². The molecule has 24 heavy (non-hydrogen) atoms. The molecule has 0 radical (unpaired) electrons. The summed E-state index contributed by atoms with van der Waals surface area (Å²) in [6.45, 7) is 1.63. The lowest BCUT2D eigenvalue weighted by Crippen LogP contribution is -2.16. The molecule has 0 unspecified atom stereocenters. The van der Waals surface area contributed by atoms with Gasteiger partial charge in [-0.15, -0.1) is 11.3 Å². The Bertz CT molecular complexity index is 803. The second-order valence-corrected chi connectivity index (χ2v) is 6.86. The molecule has 3 nitrogen and oxygen atoms in total. The number of aromatic nitrogens is 1. The van der Waals surface area contributed by atoms with Crippen LogP contribution in [0, 0.1) is 0 Å². The lowest BCUT2D eigenvalue weighted by molar-refractivity contribution is 0.409. The number of hydrogen-bond acceptors (Lipinski definition) is 4. The van der Waals surface area contributed by atoms with E-state index in [1.807, 2.05) is 48.7 Å². The van der Waals surface area contributed by atoms with Crippen LogP contribution in [0.1, 0.15) is 10.6 Å². The van der Waals surface area contributed by atoms with Gasteiger partial charge in [-0.2, -0.15) is 0 Å². The molecule has 3 aromatic rings. The Balaban J connectivity index is 1.54. The quantitative estimate of drug-likeness (QED) is 0.616. The SMILES string of the molecule is COc1ccccc1CCNCc1ncc(-c2ccccc2Cl)s1. The Morgan fingerprint density at radius 3 is 2.75 bits per heavy atom. The summed E-state index contributed by atoms with van der Waals surface area (Å²) in [5.41, 5.74) is 2.25. The van der Waals surface area contributed by atoms with Crippen molar-refractivity contribution in [2.75, 3.05) is 13.7 Å². The van der Waals surface area contributed by atoms with Crippen molar-refractivity contribution in [2.45, 2.75) is 13.0 Å². The summed E-state index contributed by atoms with van der Waals surface area (Å²) in [6.07, 6.45) is 2.82. The normalized spacial score (nSPS) is 10.8. The third kappa shape index (κ3) is 4.15. The first-order chi connectivity index (χ1) is 11.8. The van der Waals surface area contributed by atoms with E-state index in [0.29, 0.717) is 0 Å². The lowest BCUT2D eigenvalue weighted by atomic mass is 10.1. The molecule has 5 heteroatoms. The van der Waals surface area contributed by atoms with Gasteiger partial charge in [0.25, 0.3) is 0 Å². The van der Waals surface area contributed by atoms with Crippen molar-refractivity contribution in [1.82, 2.24) is 10.3 Å². The lowest BCUT2D eigenvalue weighted by Gasteiger charge is -2.08. The smallest absolute Gasteiger partial charge is 0.122 e. The van der Waals surface area contributed by atoms with Crippen molar-refractivity contribution in [1.29, 1.82) is 0 Å². The van der Waals surface area contributed by atoms with E-state index in [2.05, 4.69) is 16.4 Å². The van der Waals surface area contributed by atoms with E-state index in [9.17, 15) is 0 Å². The van der Waals surface area contributed by atoms with Crippen molar-refractivity contribution >= 4 is 22.9 Å². The fourth-order valence-corrected chi connectivity index (χ4v) is 3.73. The molecule has 0 aliphatic carbocycles. The van der Waals surface area contributed by atoms with Crippen molar-refractivity contribution in [3.63, 3.8) is 0 Å². The number of para-hydroxylation sites is 1. The Morgan fingerprint density at radius 1 is 1.12 bits per heavy atom. The van der Waals surface area contributed by atoms with Crippen molar-refractivity contribution in [3.8, 4) is 16.2 Å². The van der Waals surface area contributed by atoms with Gasteiger partial charge in [0.15, 0.2) is 0 Å². The molecule has 0 saturated carbocycles. The first-order valence-corrected chi connectivity index (χ1v) is 8.99. The summed E-state index contributed by atoms with van der Waals surface area (Å²) >= 11 is 7.91. The van der Waals surface area contributed by atoms with E-state index in [1.54, 1.807) is 18.4 Å². The number of benzene rings is 2. The van der Waals surface area contributed by atoms with Crippen LogP contribution >= 0.6 is 22.9 Å². The predicted molar refractivity (Wildman–Crippen MR) is 101 cm³/mol. The number of halogens is 1. The monoisotopic (exact) mass is 358 g/mol. The number of nitrogens with one attached hydrogen (secondary N) is 1. The van der Waals surface area contributed by atoms with Gasteiger partial charge in [0.2, 0.25) is 0 Å². The molecule has 2 aromatic carbocycles. The largest absolute Gasteiger partial charge is 0.496 e. The maximum absolute atomic E-state index is 6.24. The average Bonchev–Trinajstić information content (AvgIpc) is 3.08. The van der Waals surface area contributed by atoms with E-state index in [-0.39, 0.29) is 0 Å². The third-order valence-corrected chi connectivity index (χ3v) is 5.09. The van der Waals surface area contributed by atoms with Crippen LogP contribution in [0.5, 0.6) is 5.75 Å². The van der Waals surface area contributed by atoms with Gasteiger partial charge < -0.3 is 10.1 Å². The summed E-state index contributed by atoms with van der Waals surface area (Å²) in [5.74, 6) is 0.939. The molecule has 124 valence electrons. The van der Waals surface area contributed by atoms with Gasteiger partial charge in [0.1, 0.15) is 10.8 Å². The van der Waals surface area contributed by atoms with Crippen LogP contribution in [0.3, 0.4) is 0 Å². The molecule has 0 spiro atoms. The minimum Gasteiger partial charge on any atom is -0.496 e. The number of methoxy groups -OCH3 is 1. The van der Waals surface area contributed by atoms with Gasteiger partial charge in [-0.05, 0) is 30.7 Å². The number of thiazole rings is 1. The number of nitrogens with zero attached hydrogens (tertiary/aromatic N) is 1. The third-order valence-electron chi connectivity index (χ3n) is 3.73. The van der Waals surface area contributed by atoms with E-state index in [1.165, 1.54) is 5.56 Å². The van der Waals surface area contributed by atoms with Gasteiger partial charge >= 0.3 is 0 Å². The van der Waals surface area contributed by atoms with Crippen LogP contribution in [0.2, 0.25) is 5.02 Å². The molecule has 1 heterocycles. The van der Waals surface area contributed by atoms with Crippen molar-refractivity contribution in [2.24, 2.45) is 0 Å². The zero-order valence-corrected chi connectivity index (χ0v) is 15.0. The summed E-state index contributed by atoms with van der Waals surface area (Å²) in [7, 11) is 1.71. The van der Waals surface area contributed by atoms with Crippen molar-refractivity contribution < 1.29 is 4.74 Å². The van der Waals surface area contributed by atoms with Gasteiger partial charge in [-0.25, -0.2) is 4.98 Å². The second kappa shape index (κ2) is 8.29. The van der Waals surface area contributed by atoms with E-state index in [4.69, 9.17) is 16.3 Å². The molecule has 1 N–H and O–H groups in total. The highest BCUT2D eigenvalue weighted by atomic mass is 35.5. The zero-order valence-electron chi connectivity index (χ0n) is 13.5. The summed E-state index contributed by atoms with van der Waals surface area (Å²) in [6, 6.07) is 16.0. The van der Waals surface area contributed by atoms with Crippen LogP contribution < -0.4 is 10.1 Å². The molecule has 0 saturated heterocycles. The molecule has 0 bridgehead atoms. The predicted octanol–water partition coefficient (Wildman–Crippen LogP) is 4.80. The topological polar surface area (TPSA) is 34.1 Å². The highest BCUT2D eigenvalue weighted by Gasteiger charge is 2.07. The Labute approximate surface area is 151 Å². The van der Waals surface area contributed by atoms with Crippen LogP contribution in [0.4, 0.5) is 0 Å². The molecular weight excluding hydrogens is 340 g/mol. The van der Waals surface area contributed by atoms with E-state index >= 15 is 0 Å². The van der Waals surface area contributed by atoms with E-state index in [0.717, 1.165) is 45.7 Å². The minimum absolute atomic E-state index is 0.754. The number of rotatable bonds is 7. The Kier molecular flexibility index (Phi) is 5.86. The van der Waals surface area contributed by atoms with Crippen LogP contribution in [0.25, 0.3) is 10.4 Å². The zero-order chi connectivity index (χ0) is 16.8. The average molecular weight is 359 g/mol. The van der Waals surface area contributed by atoms with Crippen LogP contribution in [0.15, 0.2) is 54.7 Å². The maximum Gasteiger partial charge on any atom is 0.122 e. The molecule has 0 aliphatic heterocycles. The summed E-state index contributed by atoms with van der Waals surface area (Å²) < 4.78 is 5.37. The first kappa shape index (κ1) is 17.0. The molecule has 1 aromatic heterocycles. The molecule has 0 amide bonds. The molecule has 0 atom stereocenters. The highest BCUT2D eigenvalue weighted by molar-refractivity contribution is 7.15. The first-order valence-electron chi connectivity index (χ1n) is 7.80. The summed E-state index contributed by atoms with van der Waals surface area (Å²) in [4.78, 5) is 5.58. The van der Waals surface area contributed by atoms with Crippen LogP contribution in [-0.2, 0) is 13.0 Å². The number of ether oxygens (including phenoxy) is 1. The number of hydrogen-bond donors (Lipinski definition) is 1. The standard InChI is InChI=1S/C19H19ClN2OS/c1-23-17-9-5-2-6-14(17)10-11-21-13-19-22-12-18(24-19)15-7-3-4-8-16(15)20/h2-9,12,21H,10-11,13H2,1H3. The van der Waals surface area contributed by atoms with Crippen LogP contribution in [-0.4, -0.2) is 18.6 Å². The molecule has 0 aliphatic rings.